The minimum absolute atomic E-state index is 0.599. The van der Waals surface area contributed by atoms with Gasteiger partial charge in [-0.25, -0.2) is 0 Å². The maximum absolute atomic E-state index is 11.0. The highest BCUT2D eigenvalue weighted by atomic mass is 16.5. The van der Waals surface area contributed by atoms with Crippen molar-refractivity contribution in [3.05, 3.63) is 0 Å². The zero-order valence-corrected chi connectivity index (χ0v) is 11.0. The van der Waals surface area contributed by atoms with Crippen molar-refractivity contribution in [3.63, 3.8) is 0 Å². The fourth-order valence-corrected chi connectivity index (χ4v) is 2.00. The molecule has 0 aromatic rings. The molecule has 0 spiro atoms. The normalized spacial score (nSPS) is 19.6. The Hall–Kier alpha value is -0.610. The van der Waals surface area contributed by atoms with E-state index < -0.39 is 11.5 Å². The van der Waals surface area contributed by atoms with Crippen molar-refractivity contribution in [3.8, 4) is 0 Å². The van der Waals surface area contributed by atoms with Crippen LogP contribution in [0.4, 0.5) is 0 Å². The lowest BCUT2D eigenvalue weighted by Crippen LogP contribution is -2.47. The highest BCUT2D eigenvalue weighted by molar-refractivity contribution is 5.78. The van der Waals surface area contributed by atoms with Crippen LogP contribution in [0.25, 0.3) is 0 Å². The van der Waals surface area contributed by atoms with Crippen LogP contribution in [0.3, 0.4) is 0 Å². The number of carbonyl (C=O) groups is 1. The third kappa shape index (κ3) is 4.64. The van der Waals surface area contributed by atoms with E-state index in [4.69, 9.17) is 9.84 Å². The number of nitrogens with one attached hydrogen (secondary N) is 1. The summed E-state index contributed by atoms with van der Waals surface area (Å²) in [6.45, 7) is 3.20. The molecule has 100 valence electrons. The van der Waals surface area contributed by atoms with Gasteiger partial charge in [-0.3, -0.25) is 4.79 Å². The molecule has 1 unspecified atom stereocenters. The van der Waals surface area contributed by atoms with Crippen molar-refractivity contribution >= 4 is 5.97 Å². The SMILES string of the molecule is CNC(C)(CCCOCCC1CCC1)C(=O)O. The second-order valence-corrected chi connectivity index (χ2v) is 5.19. The molecule has 1 aliphatic rings. The van der Waals surface area contributed by atoms with Crippen LogP contribution in [-0.2, 0) is 9.53 Å². The van der Waals surface area contributed by atoms with E-state index in [1.807, 2.05) is 0 Å². The van der Waals surface area contributed by atoms with Gasteiger partial charge in [-0.05, 0) is 39.2 Å². The van der Waals surface area contributed by atoms with Gasteiger partial charge in [0.25, 0.3) is 0 Å². The van der Waals surface area contributed by atoms with Crippen LogP contribution in [-0.4, -0.2) is 36.9 Å². The molecule has 4 heteroatoms. The standard InChI is InChI=1S/C13H25NO3/c1-13(14-2,12(15)16)8-4-9-17-10-7-11-5-3-6-11/h11,14H,3-10H2,1-2H3,(H,15,16). The van der Waals surface area contributed by atoms with Crippen LogP contribution >= 0.6 is 0 Å². The first kappa shape index (κ1) is 14.5. The first-order valence-electron chi connectivity index (χ1n) is 6.58. The monoisotopic (exact) mass is 243 g/mol. The lowest BCUT2D eigenvalue weighted by molar-refractivity contribution is -0.144. The Morgan fingerprint density at radius 3 is 2.65 bits per heavy atom. The average molecular weight is 243 g/mol. The molecule has 0 bridgehead atoms. The molecule has 1 saturated carbocycles. The van der Waals surface area contributed by atoms with Gasteiger partial charge in [0, 0.05) is 13.2 Å². The molecule has 0 aliphatic heterocycles. The Morgan fingerprint density at radius 2 is 2.18 bits per heavy atom. The molecule has 1 fully saturated rings. The molecule has 17 heavy (non-hydrogen) atoms. The van der Waals surface area contributed by atoms with Gasteiger partial charge >= 0.3 is 5.97 Å². The summed E-state index contributed by atoms with van der Waals surface area (Å²) >= 11 is 0. The van der Waals surface area contributed by atoms with E-state index in [9.17, 15) is 4.79 Å². The van der Waals surface area contributed by atoms with E-state index >= 15 is 0 Å². The fraction of sp³-hybridized carbons (Fsp3) is 0.923. The van der Waals surface area contributed by atoms with Crippen molar-refractivity contribution in [2.45, 2.75) is 51.0 Å². The van der Waals surface area contributed by atoms with Crippen LogP contribution in [0.1, 0.15) is 45.4 Å². The van der Waals surface area contributed by atoms with Crippen molar-refractivity contribution in [2.75, 3.05) is 20.3 Å². The molecule has 0 heterocycles. The molecule has 2 N–H and O–H groups in total. The van der Waals surface area contributed by atoms with Gasteiger partial charge in [0.2, 0.25) is 0 Å². The number of likely N-dealkylation sites (N-methyl/N-ethyl adjacent to an activating group) is 1. The molecule has 0 amide bonds. The van der Waals surface area contributed by atoms with E-state index in [0.29, 0.717) is 13.0 Å². The van der Waals surface area contributed by atoms with Crippen LogP contribution in [0.2, 0.25) is 0 Å². The third-order valence-electron chi connectivity index (χ3n) is 3.88. The molecule has 0 radical (unpaired) electrons. The molecule has 1 rings (SSSR count). The quantitative estimate of drug-likeness (QED) is 0.608. The highest BCUT2D eigenvalue weighted by Gasteiger charge is 2.30. The lowest BCUT2D eigenvalue weighted by atomic mass is 9.83. The summed E-state index contributed by atoms with van der Waals surface area (Å²) in [7, 11) is 1.69. The number of rotatable bonds is 9. The van der Waals surface area contributed by atoms with Crippen molar-refractivity contribution < 1.29 is 14.6 Å². The van der Waals surface area contributed by atoms with Crippen LogP contribution in [0, 0.1) is 5.92 Å². The summed E-state index contributed by atoms with van der Waals surface area (Å²) in [6.07, 6.45) is 6.66. The second kappa shape index (κ2) is 6.97. The molecule has 0 aromatic heterocycles. The first-order valence-corrected chi connectivity index (χ1v) is 6.58. The number of carboxylic acid groups (broad SMARTS) is 1. The Bertz CT molecular complexity index is 241. The van der Waals surface area contributed by atoms with E-state index in [1.54, 1.807) is 14.0 Å². The minimum Gasteiger partial charge on any atom is -0.480 e. The summed E-state index contributed by atoms with van der Waals surface area (Å²) in [5.41, 5.74) is -0.822. The molecule has 4 nitrogen and oxygen atoms in total. The maximum Gasteiger partial charge on any atom is 0.323 e. The van der Waals surface area contributed by atoms with E-state index in [-0.39, 0.29) is 0 Å². The Kier molecular flexibility index (Phi) is 5.92. The number of ether oxygens (including phenoxy) is 1. The molecular weight excluding hydrogens is 218 g/mol. The van der Waals surface area contributed by atoms with Gasteiger partial charge in [-0.1, -0.05) is 19.3 Å². The predicted octanol–water partition coefficient (Wildman–Crippen LogP) is 2.04. The molecular formula is C13H25NO3. The summed E-state index contributed by atoms with van der Waals surface area (Å²) in [5.74, 6) is 0.0889. The summed E-state index contributed by atoms with van der Waals surface area (Å²) < 4.78 is 5.54. The lowest BCUT2D eigenvalue weighted by Gasteiger charge is -2.25. The van der Waals surface area contributed by atoms with Crippen LogP contribution in [0.15, 0.2) is 0 Å². The zero-order chi connectivity index (χ0) is 12.7. The highest BCUT2D eigenvalue weighted by Crippen LogP contribution is 2.29. The van der Waals surface area contributed by atoms with Gasteiger partial charge in [0.05, 0.1) is 0 Å². The van der Waals surface area contributed by atoms with Crippen molar-refractivity contribution in [1.29, 1.82) is 0 Å². The predicted molar refractivity (Wildman–Crippen MR) is 67.1 cm³/mol. The van der Waals surface area contributed by atoms with Gasteiger partial charge < -0.3 is 15.2 Å². The first-order chi connectivity index (χ1) is 8.08. The largest absolute Gasteiger partial charge is 0.480 e. The number of aliphatic carboxylic acids is 1. The van der Waals surface area contributed by atoms with Gasteiger partial charge in [-0.15, -0.1) is 0 Å². The topological polar surface area (TPSA) is 58.6 Å². The summed E-state index contributed by atoms with van der Waals surface area (Å²) in [6, 6.07) is 0. The Balaban J connectivity index is 2.00. The number of carboxylic acids is 1. The maximum atomic E-state index is 11.0. The smallest absolute Gasteiger partial charge is 0.323 e. The summed E-state index contributed by atoms with van der Waals surface area (Å²) in [4.78, 5) is 11.0. The Morgan fingerprint density at radius 1 is 1.47 bits per heavy atom. The van der Waals surface area contributed by atoms with E-state index in [0.717, 1.165) is 18.9 Å². The molecule has 1 atom stereocenters. The van der Waals surface area contributed by atoms with Crippen molar-refractivity contribution in [1.82, 2.24) is 5.32 Å². The van der Waals surface area contributed by atoms with Crippen LogP contribution in [0.5, 0.6) is 0 Å². The van der Waals surface area contributed by atoms with Gasteiger partial charge in [0.1, 0.15) is 5.54 Å². The third-order valence-corrected chi connectivity index (χ3v) is 3.88. The van der Waals surface area contributed by atoms with E-state index in [1.165, 1.54) is 25.7 Å². The zero-order valence-electron chi connectivity index (χ0n) is 11.0. The average Bonchev–Trinajstić information content (AvgIpc) is 2.24. The number of hydrogen-bond donors (Lipinski definition) is 2. The Labute approximate surface area is 104 Å². The second-order valence-electron chi connectivity index (χ2n) is 5.19. The number of hydrogen-bond acceptors (Lipinski definition) is 3. The van der Waals surface area contributed by atoms with Crippen LogP contribution < -0.4 is 5.32 Å². The molecule has 0 aromatic carbocycles. The van der Waals surface area contributed by atoms with Gasteiger partial charge in [-0.2, -0.15) is 0 Å². The summed E-state index contributed by atoms with van der Waals surface area (Å²) in [5, 5.41) is 11.9. The minimum atomic E-state index is -0.822. The molecule has 1 aliphatic carbocycles. The fourth-order valence-electron chi connectivity index (χ4n) is 2.00. The van der Waals surface area contributed by atoms with E-state index in [2.05, 4.69) is 5.32 Å². The van der Waals surface area contributed by atoms with Crippen molar-refractivity contribution in [2.24, 2.45) is 5.92 Å². The van der Waals surface area contributed by atoms with Gasteiger partial charge in [0.15, 0.2) is 0 Å². The molecule has 0 saturated heterocycles.